The average molecular weight is 441 g/mol. The van der Waals surface area contributed by atoms with Gasteiger partial charge in [-0.25, -0.2) is 0 Å². The van der Waals surface area contributed by atoms with Crippen LogP contribution in [0.2, 0.25) is 5.02 Å². The Morgan fingerprint density at radius 3 is 2.60 bits per heavy atom. The fourth-order valence-electron chi connectivity index (χ4n) is 2.99. The van der Waals surface area contributed by atoms with Crippen molar-refractivity contribution in [1.82, 2.24) is 0 Å². The minimum atomic E-state index is -4.55. The molecule has 0 saturated carbocycles. The highest BCUT2D eigenvalue weighted by atomic mass is 35.5. The van der Waals surface area contributed by atoms with Crippen molar-refractivity contribution in [1.29, 1.82) is 0 Å². The quantitative estimate of drug-likeness (QED) is 0.716. The van der Waals surface area contributed by atoms with Crippen molar-refractivity contribution in [2.24, 2.45) is 5.92 Å². The number of ether oxygens (including phenoxy) is 1. The number of nitrogens with one attached hydrogen (secondary N) is 1. The summed E-state index contributed by atoms with van der Waals surface area (Å²) in [5.74, 6) is -2.64. The summed E-state index contributed by atoms with van der Waals surface area (Å²) in [6.45, 7) is -0.636. The zero-order chi connectivity index (χ0) is 21.9. The number of hydrogen-bond donors (Lipinski definition) is 1. The number of anilines is 2. The molecule has 0 radical (unpaired) electrons. The minimum Gasteiger partial charge on any atom is -0.455 e. The number of amides is 2. The zero-order valence-electron chi connectivity index (χ0n) is 15.4. The van der Waals surface area contributed by atoms with E-state index in [4.69, 9.17) is 16.3 Å². The van der Waals surface area contributed by atoms with E-state index in [0.29, 0.717) is 10.7 Å². The van der Waals surface area contributed by atoms with E-state index in [2.05, 4.69) is 5.32 Å². The maximum atomic E-state index is 12.7. The third-order valence-electron chi connectivity index (χ3n) is 4.42. The van der Waals surface area contributed by atoms with Gasteiger partial charge in [-0.05, 0) is 30.3 Å². The topological polar surface area (TPSA) is 75.7 Å². The van der Waals surface area contributed by atoms with Gasteiger partial charge in [0.2, 0.25) is 5.91 Å². The number of esters is 1. The van der Waals surface area contributed by atoms with Crippen LogP contribution in [-0.4, -0.2) is 30.9 Å². The van der Waals surface area contributed by atoms with Crippen molar-refractivity contribution in [3.8, 4) is 0 Å². The van der Waals surface area contributed by atoms with Gasteiger partial charge >= 0.3 is 12.1 Å². The van der Waals surface area contributed by atoms with Gasteiger partial charge in [0, 0.05) is 18.7 Å². The van der Waals surface area contributed by atoms with Crippen LogP contribution in [0.25, 0.3) is 0 Å². The van der Waals surface area contributed by atoms with Crippen molar-refractivity contribution >= 4 is 40.8 Å². The molecule has 2 aromatic carbocycles. The molecule has 1 saturated heterocycles. The molecule has 2 amide bonds. The highest BCUT2D eigenvalue weighted by Crippen LogP contribution is 2.32. The van der Waals surface area contributed by atoms with Gasteiger partial charge in [-0.1, -0.05) is 29.8 Å². The summed E-state index contributed by atoms with van der Waals surface area (Å²) in [5, 5.41) is 2.60. The van der Waals surface area contributed by atoms with E-state index in [0.717, 1.165) is 18.2 Å². The SMILES string of the molecule is O=C(COC(=O)[C@@H]1CC(=O)N(c2ccccc2Cl)C1)Nc1cccc(C(F)(F)F)c1. The molecule has 1 aliphatic heterocycles. The van der Waals surface area contributed by atoms with Crippen LogP contribution in [0.3, 0.4) is 0 Å². The summed E-state index contributed by atoms with van der Waals surface area (Å²) in [6.07, 6.45) is -4.64. The molecule has 2 aromatic rings. The number of para-hydroxylation sites is 1. The van der Waals surface area contributed by atoms with Crippen LogP contribution in [-0.2, 0) is 25.3 Å². The molecule has 1 aliphatic rings. The Morgan fingerprint density at radius 1 is 1.17 bits per heavy atom. The number of hydrogen-bond acceptors (Lipinski definition) is 4. The van der Waals surface area contributed by atoms with E-state index in [1.807, 2.05) is 0 Å². The summed E-state index contributed by atoms with van der Waals surface area (Å²) in [5.41, 5.74) is -0.519. The van der Waals surface area contributed by atoms with Crippen LogP contribution in [0.1, 0.15) is 12.0 Å². The normalized spacial score (nSPS) is 16.5. The van der Waals surface area contributed by atoms with Gasteiger partial charge in [-0.15, -0.1) is 0 Å². The Morgan fingerprint density at radius 2 is 1.90 bits per heavy atom. The number of carbonyl (C=O) groups excluding carboxylic acids is 3. The van der Waals surface area contributed by atoms with Crippen molar-refractivity contribution in [3.63, 3.8) is 0 Å². The standard InChI is InChI=1S/C20H16ClF3N2O4/c21-15-6-1-2-7-16(15)26-10-12(8-18(26)28)19(29)30-11-17(27)25-14-5-3-4-13(9-14)20(22,23)24/h1-7,9,12H,8,10-11H2,(H,25,27)/t12-/m1/s1. The van der Waals surface area contributed by atoms with Gasteiger partial charge < -0.3 is 15.0 Å². The Balaban J connectivity index is 1.54. The van der Waals surface area contributed by atoms with Gasteiger partial charge in [0.25, 0.3) is 5.91 Å². The maximum absolute atomic E-state index is 12.7. The van der Waals surface area contributed by atoms with Crippen LogP contribution in [0.15, 0.2) is 48.5 Å². The number of carbonyl (C=O) groups is 3. The molecule has 1 fully saturated rings. The predicted molar refractivity (Wildman–Crippen MR) is 103 cm³/mol. The van der Waals surface area contributed by atoms with Crippen molar-refractivity contribution in [3.05, 3.63) is 59.1 Å². The van der Waals surface area contributed by atoms with Crippen LogP contribution < -0.4 is 10.2 Å². The van der Waals surface area contributed by atoms with Crippen molar-refractivity contribution in [2.45, 2.75) is 12.6 Å². The molecule has 158 valence electrons. The second-order valence-electron chi connectivity index (χ2n) is 6.59. The third kappa shape index (κ3) is 5.10. The summed E-state index contributed by atoms with van der Waals surface area (Å²) in [7, 11) is 0. The highest BCUT2D eigenvalue weighted by Gasteiger charge is 2.37. The molecule has 0 unspecified atom stereocenters. The van der Waals surface area contributed by atoms with Crippen LogP contribution >= 0.6 is 11.6 Å². The number of rotatable bonds is 5. The molecule has 3 rings (SSSR count). The Kier molecular flexibility index (Phi) is 6.31. The zero-order valence-corrected chi connectivity index (χ0v) is 16.2. The lowest BCUT2D eigenvalue weighted by molar-refractivity contribution is -0.151. The first-order chi connectivity index (χ1) is 14.1. The van der Waals surface area contributed by atoms with Crippen molar-refractivity contribution in [2.75, 3.05) is 23.4 Å². The number of alkyl halides is 3. The smallest absolute Gasteiger partial charge is 0.416 e. The molecule has 0 bridgehead atoms. The summed E-state index contributed by atoms with van der Waals surface area (Å²) < 4.78 is 43.1. The largest absolute Gasteiger partial charge is 0.455 e. The molecule has 0 aliphatic carbocycles. The summed E-state index contributed by atoms with van der Waals surface area (Å²) in [6, 6.07) is 10.8. The van der Waals surface area contributed by atoms with E-state index in [9.17, 15) is 27.6 Å². The third-order valence-corrected chi connectivity index (χ3v) is 4.74. The van der Waals surface area contributed by atoms with Crippen LogP contribution in [0, 0.1) is 5.92 Å². The van der Waals surface area contributed by atoms with E-state index in [-0.39, 0.29) is 24.6 Å². The van der Waals surface area contributed by atoms with Gasteiger partial charge in [-0.2, -0.15) is 13.2 Å². The van der Waals surface area contributed by atoms with Crippen molar-refractivity contribution < 1.29 is 32.3 Å². The summed E-state index contributed by atoms with van der Waals surface area (Å²) in [4.78, 5) is 37.7. The molecule has 10 heteroatoms. The Bertz CT molecular complexity index is 981. The first-order valence-corrected chi connectivity index (χ1v) is 9.21. The lowest BCUT2D eigenvalue weighted by atomic mass is 10.1. The fraction of sp³-hybridized carbons (Fsp3) is 0.250. The molecule has 0 aromatic heterocycles. The van der Waals surface area contributed by atoms with Gasteiger partial charge in [0.05, 0.1) is 22.2 Å². The number of nitrogens with zero attached hydrogens (tertiary/aromatic N) is 1. The van der Waals surface area contributed by atoms with E-state index < -0.39 is 36.1 Å². The number of benzene rings is 2. The first-order valence-electron chi connectivity index (χ1n) is 8.84. The van der Waals surface area contributed by atoms with Gasteiger partial charge in [-0.3, -0.25) is 14.4 Å². The van der Waals surface area contributed by atoms with Crippen LogP contribution in [0.5, 0.6) is 0 Å². The molecule has 30 heavy (non-hydrogen) atoms. The van der Waals surface area contributed by atoms with E-state index in [1.165, 1.54) is 11.0 Å². The molecule has 6 nitrogen and oxygen atoms in total. The summed E-state index contributed by atoms with van der Waals surface area (Å²) >= 11 is 6.08. The Hall–Kier alpha value is -3.07. The first kappa shape index (κ1) is 21.6. The van der Waals surface area contributed by atoms with Gasteiger partial charge in [0.15, 0.2) is 6.61 Å². The molecular formula is C20H16ClF3N2O4. The molecule has 0 spiro atoms. The maximum Gasteiger partial charge on any atom is 0.416 e. The second kappa shape index (κ2) is 8.74. The lowest BCUT2D eigenvalue weighted by Crippen LogP contribution is -2.28. The molecule has 1 N–H and O–H groups in total. The minimum absolute atomic E-state index is 0.0522. The van der Waals surface area contributed by atoms with E-state index >= 15 is 0 Å². The Labute approximate surface area is 174 Å². The van der Waals surface area contributed by atoms with Gasteiger partial charge in [0.1, 0.15) is 0 Å². The molecular weight excluding hydrogens is 425 g/mol. The lowest BCUT2D eigenvalue weighted by Gasteiger charge is -2.17. The average Bonchev–Trinajstić information content (AvgIpc) is 3.07. The molecule has 1 atom stereocenters. The number of halogens is 4. The monoisotopic (exact) mass is 440 g/mol. The molecule has 1 heterocycles. The highest BCUT2D eigenvalue weighted by molar-refractivity contribution is 6.33. The fourth-order valence-corrected chi connectivity index (χ4v) is 3.23. The van der Waals surface area contributed by atoms with E-state index in [1.54, 1.807) is 24.3 Å². The predicted octanol–water partition coefficient (Wildman–Crippen LogP) is 3.89. The second-order valence-corrected chi connectivity index (χ2v) is 7.00. The van der Waals surface area contributed by atoms with Crippen LogP contribution in [0.4, 0.5) is 24.5 Å².